The Morgan fingerprint density at radius 3 is 2.52 bits per heavy atom. The average molecular weight is 349 g/mol. The number of amides is 2. The third-order valence-electron chi connectivity index (χ3n) is 4.16. The molecule has 2 amide bonds. The molecule has 0 aliphatic carbocycles. The fourth-order valence-corrected chi connectivity index (χ4v) is 2.53. The zero-order valence-electron chi connectivity index (χ0n) is 15.0. The number of ether oxygens (including phenoxy) is 2. The lowest BCUT2D eigenvalue weighted by atomic mass is 10.0. The quantitative estimate of drug-likeness (QED) is 0.685. The fraction of sp³-hybridized carbons (Fsp3) is 0.556. The number of carbonyl (C=O) groups excluding carboxylic acids is 2. The molecule has 1 aromatic carbocycles. The molecule has 0 fully saturated rings. The number of hydrogen-bond acceptors (Lipinski definition) is 5. The van der Waals surface area contributed by atoms with Crippen molar-refractivity contribution in [2.24, 2.45) is 11.7 Å². The molecule has 1 aliphatic heterocycles. The minimum Gasteiger partial charge on any atom is -0.486 e. The largest absolute Gasteiger partial charge is 0.486 e. The van der Waals surface area contributed by atoms with E-state index in [-0.39, 0.29) is 30.3 Å². The Kier molecular flexibility index (Phi) is 6.64. The first kappa shape index (κ1) is 19.1. The van der Waals surface area contributed by atoms with E-state index < -0.39 is 6.04 Å². The smallest absolute Gasteiger partial charge is 0.239 e. The third-order valence-corrected chi connectivity index (χ3v) is 4.16. The van der Waals surface area contributed by atoms with Gasteiger partial charge in [0.1, 0.15) is 13.2 Å². The molecule has 1 aliphatic rings. The van der Waals surface area contributed by atoms with E-state index in [4.69, 9.17) is 15.2 Å². The maximum atomic E-state index is 12.1. The summed E-state index contributed by atoms with van der Waals surface area (Å²) >= 11 is 0. The SMILES string of the molecule is CCC(NC(=O)CNC(=O)[C@@H](N)C(C)C)c1ccc2c(c1)OCCO2. The highest BCUT2D eigenvalue weighted by atomic mass is 16.6. The van der Waals surface area contributed by atoms with Crippen molar-refractivity contribution in [3.8, 4) is 11.5 Å². The summed E-state index contributed by atoms with van der Waals surface area (Å²) in [5.74, 6) is 0.839. The summed E-state index contributed by atoms with van der Waals surface area (Å²) in [6.45, 7) is 6.66. The third kappa shape index (κ3) is 5.09. The Balaban J connectivity index is 1.93. The van der Waals surface area contributed by atoms with Gasteiger partial charge >= 0.3 is 0 Å². The average Bonchev–Trinajstić information content (AvgIpc) is 2.62. The molecule has 1 aromatic rings. The van der Waals surface area contributed by atoms with Crippen LogP contribution >= 0.6 is 0 Å². The van der Waals surface area contributed by atoms with Crippen LogP contribution in [0, 0.1) is 5.92 Å². The van der Waals surface area contributed by atoms with Gasteiger partial charge in [-0.1, -0.05) is 26.8 Å². The van der Waals surface area contributed by atoms with Gasteiger partial charge in [0.2, 0.25) is 11.8 Å². The normalized spacial score (nSPS) is 15.4. The number of carbonyl (C=O) groups is 2. The highest BCUT2D eigenvalue weighted by Gasteiger charge is 2.20. The molecule has 0 saturated heterocycles. The van der Waals surface area contributed by atoms with Gasteiger partial charge in [0.15, 0.2) is 11.5 Å². The number of nitrogens with two attached hydrogens (primary N) is 1. The predicted molar refractivity (Wildman–Crippen MR) is 94.4 cm³/mol. The van der Waals surface area contributed by atoms with Crippen LogP contribution in [-0.2, 0) is 9.59 Å². The molecule has 0 saturated carbocycles. The van der Waals surface area contributed by atoms with E-state index in [1.54, 1.807) is 0 Å². The summed E-state index contributed by atoms with van der Waals surface area (Å²) in [5.41, 5.74) is 6.70. The maximum absolute atomic E-state index is 12.1. The highest BCUT2D eigenvalue weighted by molar-refractivity contribution is 5.87. The minimum atomic E-state index is -0.618. The van der Waals surface area contributed by atoms with Crippen LogP contribution < -0.4 is 25.8 Å². The van der Waals surface area contributed by atoms with Gasteiger partial charge in [-0.05, 0) is 30.0 Å². The molecule has 0 bridgehead atoms. The number of hydrogen-bond donors (Lipinski definition) is 3. The lowest BCUT2D eigenvalue weighted by Gasteiger charge is -2.22. The summed E-state index contributed by atoms with van der Waals surface area (Å²) in [5, 5.41) is 5.50. The molecule has 1 heterocycles. The van der Waals surface area contributed by atoms with Crippen molar-refractivity contribution in [3.05, 3.63) is 23.8 Å². The van der Waals surface area contributed by atoms with Crippen LogP contribution in [0.2, 0.25) is 0 Å². The summed E-state index contributed by atoms with van der Waals surface area (Å²) < 4.78 is 11.1. The fourth-order valence-electron chi connectivity index (χ4n) is 2.53. The lowest BCUT2D eigenvalue weighted by Crippen LogP contribution is -2.47. The van der Waals surface area contributed by atoms with Gasteiger partial charge in [-0.25, -0.2) is 0 Å². The minimum absolute atomic E-state index is 0.0177. The Hall–Kier alpha value is -2.28. The summed E-state index contributed by atoms with van der Waals surface area (Å²) in [7, 11) is 0. The van der Waals surface area contributed by atoms with Crippen molar-refractivity contribution in [3.63, 3.8) is 0 Å². The lowest BCUT2D eigenvalue weighted by molar-refractivity contribution is -0.127. The van der Waals surface area contributed by atoms with Gasteiger partial charge in [-0.15, -0.1) is 0 Å². The van der Waals surface area contributed by atoms with Crippen molar-refractivity contribution in [1.29, 1.82) is 0 Å². The van der Waals surface area contributed by atoms with Gasteiger partial charge in [-0.2, -0.15) is 0 Å². The van der Waals surface area contributed by atoms with Gasteiger partial charge in [0.05, 0.1) is 18.6 Å². The molecular formula is C18H27N3O4. The first-order chi connectivity index (χ1) is 11.9. The second kappa shape index (κ2) is 8.71. The van der Waals surface area contributed by atoms with Crippen molar-refractivity contribution in [1.82, 2.24) is 10.6 Å². The molecule has 25 heavy (non-hydrogen) atoms. The van der Waals surface area contributed by atoms with E-state index >= 15 is 0 Å². The zero-order chi connectivity index (χ0) is 18.4. The number of benzene rings is 1. The van der Waals surface area contributed by atoms with Gasteiger partial charge in [-0.3, -0.25) is 9.59 Å². The molecule has 2 atom stereocenters. The first-order valence-corrected chi connectivity index (χ1v) is 8.64. The Labute approximate surface area is 148 Å². The van der Waals surface area contributed by atoms with E-state index in [1.807, 2.05) is 39.0 Å². The zero-order valence-corrected chi connectivity index (χ0v) is 15.0. The Morgan fingerprint density at radius 2 is 1.88 bits per heavy atom. The van der Waals surface area contributed by atoms with Crippen molar-refractivity contribution >= 4 is 11.8 Å². The van der Waals surface area contributed by atoms with E-state index in [1.165, 1.54) is 0 Å². The van der Waals surface area contributed by atoms with Crippen LogP contribution in [0.15, 0.2) is 18.2 Å². The second-order valence-electron chi connectivity index (χ2n) is 6.42. The number of nitrogens with one attached hydrogen (secondary N) is 2. The van der Waals surface area contributed by atoms with E-state index in [2.05, 4.69) is 10.6 Å². The molecule has 7 heteroatoms. The van der Waals surface area contributed by atoms with Gasteiger partial charge in [0.25, 0.3) is 0 Å². The van der Waals surface area contributed by atoms with Crippen molar-refractivity contribution in [2.75, 3.05) is 19.8 Å². The molecule has 0 radical (unpaired) electrons. The van der Waals surface area contributed by atoms with E-state index in [0.717, 1.165) is 5.56 Å². The van der Waals surface area contributed by atoms with Crippen LogP contribution in [-0.4, -0.2) is 37.6 Å². The van der Waals surface area contributed by atoms with Crippen LogP contribution in [0.4, 0.5) is 0 Å². The van der Waals surface area contributed by atoms with Crippen molar-refractivity contribution in [2.45, 2.75) is 39.3 Å². The van der Waals surface area contributed by atoms with E-state index in [9.17, 15) is 9.59 Å². The summed E-state index contributed by atoms with van der Waals surface area (Å²) in [6, 6.07) is 4.86. The molecular weight excluding hydrogens is 322 g/mol. The summed E-state index contributed by atoms with van der Waals surface area (Å²) in [6.07, 6.45) is 0.713. The molecule has 138 valence electrons. The number of rotatable bonds is 7. The van der Waals surface area contributed by atoms with Crippen LogP contribution in [0.25, 0.3) is 0 Å². The Morgan fingerprint density at radius 1 is 1.20 bits per heavy atom. The van der Waals surface area contributed by atoms with Gasteiger partial charge < -0.3 is 25.8 Å². The second-order valence-corrected chi connectivity index (χ2v) is 6.42. The molecule has 2 rings (SSSR count). The number of fused-ring (bicyclic) bond motifs is 1. The Bertz CT molecular complexity index is 618. The molecule has 4 N–H and O–H groups in total. The predicted octanol–water partition coefficient (Wildman–Crippen LogP) is 1.12. The first-order valence-electron chi connectivity index (χ1n) is 8.64. The maximum Gasteiger partial charge on any atom is 0.239 e. The van der Waals surface area contributed by atoms with Gasteiger partial charge in [0, 0.05) is 0 Å². The monoisotopic (exact) mass is 349 g/mol. The van der Waals surface area contributed by atoms with Crippen LogP contribution in [0.1, 0.15) is 38.8 Å². The van der Waals surface area contributed by atoms with Crippen LogP contribution in [0.3, 0.4) is 0 Å². The highest BCUT2D eigenvalue weighted by Crippen LogP contribution is 2.33. The van der Waals surface area contributed by atoms with Crippen LogP contribution in [0.5, 0.6) is 11.5 Å². The standard InChI is InChI=1S/C18H27N3O4/c1-4-13(12-5-6-14-15(9-12)25-8-7-24-14)21-16(22)10-20-18(23)17(19)11(2)3/h5-6,9,11,13,17H,4,7-8,10,19H2,1-3H3,(H,20,23)(H,21,22)/t13?,17-/m0/s1. The molecule has 0 spiro atoms. The topological polar surface area (TPSA) is 103 Å². The van der Waals surface area contributed by atoms with Crippen molar-refractivity contribution < 1.29 is 19.1 Å². The molecule has 1 unspecified atom stereocenters. The molecule has 7 nitrogen and oxygen atoms in total. The summed E-state index contributed by atoms with van der Waals surface area (Å²) in [4.78, 5) is 24.0. The molecule has 0 aromatic heterocycles. The van der Waals surface area contributed by atoms with E-state index in [0.29, 0.717) is 31.1 Å².